The minimum atomic E-state index is -0.262. The van der Waals surface area contributed by atoms with Crippen LogP contribution >= 0.6 is 15.9 Å². The molecule has 2 N–H and O–H groups in total. The van der Waals surface area contributed by atoms with Crippen molar-refractivity contribution in [2.75, 3.05) is 0 Å². The van der Waals surface area contributed by atoms with E-state index in [4.69, 9.17) is 10.5 Å². The highest BCUT2D eigenvalue weighted by Crippen LogP contribution is 2.28. The number of benzene rings is 2. The van der Waals surface area contributed by atoms with Crippen LogP contribution < -0.4 is 10.5 Å². The first kappa shape index (κ1) is 14.0. The van der Waals surface area contributed by atoms with Gasteiger partial charge in [-0.1, -0.05) is 34.1 Å². The van der Waals surface area contributed by atoms with Gasteiger partial charge >= 0.3 is 0 Å². The van der Waals surface area contributed by atoms with Crippen molar-refractivity contribution in [1.29, 1.82) is 0 Å². The number of hydrogen-bond donors (Lipinski definition) is 1. The van der Waals surface area contributed by atoms with Crippen molar-refractivity contribution in [2.24, 2.45) is 5.73 Å². The summed E-state index contributed by atoms with van der Waals surface area (Å²) in [6.07, 6.45) is 0. The van der Waals surface area contributed by atoms with E-state index in [0.29, 0.717) is 11.3 Å². The summed E-state index contributed by atoms with van der Waals surface area (Å²) in [6.45, 7) is 2.08. The van der Waals surface area contributed by atoms with Gasteiger partial charge in [0.2, 0.25) is 0 Å². The van der Waals surface area contributed by atoms with Gasteiger partial charge in [-0.2, -0.15) is 0 Å². The number of rotatable bonds is 4. The molecular formula is C15H15BrFNO. The first-order valence-corrected chi connectivity index (χ1v) is 6.78. The fraction of sp³-hybridized carbons (Fsp3) is 0.200. The van der Waals surface area contributed by atoms with E-state index in [2.05, 4.69) is 15.9 Å². The Balaban J connectivity index is 2.18. The Morgan fingerprint density at radius 3 is 2.68 bits per heavy atom. The molecule has 2 aromatic carbocycles. The van der Waals surface area contributed by atoms with Crippen LogP contribution in [0, 0.1) is 5.82 Å². The monoisotopic (exact) mass is 323 g/mol. The van der Waals surface area contributed by atoms with Crippen LogP contribution in [0.3, 0.4) is 0 Å². The number of nitrogens with two attached hydrogens (primary N) is 1. The Bertz CT molecular complexity index is 572. The van der Waals surface area contributed by atoms with Crippen LogP contribution in [-0.2, 0) is 6.61 Å². The Hall–Kier alpha value is -1.39. The van der Waals surface area contributed by atoms with Crippen LogP contribution in [0.1, 0.15) is 24.1 Å². The van der Waals surface area contributed by atoms with E-state index in [-0.39, 0.29) is 18.5 Å². The summed E-state index contributed by atoms with van der Waals surface area (Å²) >= 11 is 3.40. The summed E-state index contributed by atoms with van der Waals surface area (Å²) in [5.41, 5.74) is 7.33. The second-order valence-corrected chi connectivity index (χ2v) is 5.27. The summed E-state index contributed by atoms with van der Waals surface area (Å²) in [4.78, 5) is 0. The molecule has 0 fully saturated rings. The van der Waals surface area contributed by atoms with Gasteiger partial charge in [-0.3, -0.25) is 0 Å². The largest absolute Gasteiger partial charge is 0.488 e. The Morgan fingerprint density at radius 2 is 2.00 bits per heavy atom. The average Bonchev–Trinajstić information content (AvgIpc) is 2.38. The Labute approximate surface area is 120 Å². The van der Waals surface area contributed by atoms with E-state index in [1.807, 2.05) is 25.1 Å². The lowest BCUT2D eigenvalue weighted by atomic mass is 10.1. The molecule has 2 rings (SSSR count). The van der Waals surface area contributed by atoms with E-state index in [0.717, 1.165) is 10.0 Å². The van der Waals surface area contributed by atoms with E-state index < -0.39 is 0 Å². The van der Waals surface area contributed by atoms with Gasteiger partial charge in [-0.15, -0.1) is 0 Å². The maximum Gasteiger partial charge on any atom is 0.129 e. The van der Waals surface area contributed by atoms with E-state index in [1.54, 1.807) is 18.2 Å². The van der Waals surface area contributed by atoms with Crippen LogP contribution in [0.2, 0.25) is 0 Å². The van der Waals surface area contributed by atoms with Gasteiger partial charge in [-0.05, 0) is 31.2 Å². The van der Waals surface area contributed by atoms with Crippen molar-refractivity contribution in [3.8, 4) is 5.75 Å². The molecule has 100 valence electrons. The van der Waals surface area contributed by atoms with Gasteiger partial charge in [0.15, 0.2) is 0 Å². The van der Waals surface area contributed by atoms with Gasteiger partial charge in [0.25, 0.3) is 0 Å². The van der Waals surface area contributed by atoms with Crippen LogP contribution in [0.4, 0.5) is 4.39 Å². The fourth-order valence-electron chi connectivity index (χ4n) is 1.78. The quantitative estimate of drug-likeness (QED) is 0.915. The lowest BCUT2D eigenvalue weighted by molar-refractivity contribution is 0.295. The third kappa shape index (κ3) is 3.55. The van der Waals surface area contributed by atoms with Gasteiger partial charge < -0.3 is 10.5 Å². The van der Waals surface area contributed by atoms with Gasteiger partial charge in [0.1, 0.15) is 18.2 Å². The predicted molar refractivity (Wildman–Crippen MR) is 77.5 cm³/mol. The van der Waals surface area contributed by atoms with E-state index in [9.17, 15) is 4.39 Å². The van der Waals surface area contributed by atoms with Crippen LogP contribution in [-0.4, -0.2) is 0 Å². The molecule has 0 aromatic heterocycles. The number of halogens is 2. The number of hydrogen-bond acceptors (Lipinski definition) is 2. The molecule has 0 amide bonds. The van der Waals surface area contributed by atoms with Crippen LogP contribution in [0.15, 0.2) is 46.9 Å². The smallest absolute Gasteiger partial charge is 0.129 e. The third-order valence-corrected chi connectivity index (χ3v) is 3.30. The van der Waals surface area contributed by atoms with Crippen LogP contribution in [0.5, 0.6) is 5.75 Å². The molecule has 0 aliphatic rings. The van der Waals surface area contributed by atoms with Gasteiger partial charge in [0, 0.05) is 21.6 Å². The SMILES string of the molecule is C[C@@H](N)c1cc(Br)ccc1OCc1ccccc1F. The van der Waals surface area contributed by atoms with Crippen LogP contribution in [0.25, 0.3) is 0 Å². The molecule has 0 bridgehead atoms. The Morgan fingerprint density at radius 1 is 1.26 bits per heavy atom. The molecule has 0 saturated carbocycles. The normalized spacial score (nSPS) is 12.2. The maximum atomic E-state index is 13.5. The first-order valence-electron chi connectivity index (χ1n) is 5.99. The average molecular weight is 324 g/mol. The molecule has 0 unspecified atom stereocenters. The zero-order valence-electron chi connectivity index (χ0n) is 10.6. The molecule has 1 atom stereocenters. The fourth-order valence-corrected chi connectivity index (χ4v) is 2.16. The molecular weight excluding hydrogens is 309 g/mol. The molecule has 0 spiro atoms. The maximum absolute atomic E-state index is 13.5. The molecule has 19 heavy (non-hydrogen) atoms. The van der Waals surface area contributed by atoms with Crippen molar-refractivity contribution < 1.29 is 9.13 Å². The summed E-state index contributed by atoms with van der Waals surface area (Å²) in [7, 11) is 0. The highest BCUT2D eigenvalue weighted by atomic mass is 79.9. The minimum Gasteiger partial charge on any atom is -0.488 e. The summed E-state index contributed by atoms with van der Waals surface area (Å²) in [5.74, 6) is 0.420. The molecule has 4 heteroatoms. The third-order valence-electron chi connectivity index (χ3n) is 2.80. The molecule has 0 radical (unpaired) electrons. The number of ether oxygens (including phenoxy) is 1. The molecule has 0 aliphatic heterocycles. The Kier molecular flexibility index (Phi) is 4.56. The summed E-state index contributed by atoms with van der Waals surface area (Å²) in [6, 6.07) is 12.1. The minimum absolute atomic E-state index is 0.145. The van der Waals surface area contributed by atoms with Gasteiger partial charge in [0.05, 0.1) is 0 Å². The molecule has 0 saturated heterocycles. The van der Waals surface area contributed by atoms with Crippen molar-refractivity contribution in [3.05, 3.63) is 63.9 Å². The molecule has 2 nitrogen and oxygen atoms in total. The lowest BCUT2D eigenvalue weighted by Gasteiger charge is -2.14. The molecule has 2 aromatic rings. The second kappa shape index (κ2) is 6.17. The molecule has 0 aliphatic carbocycles. The lowest BCUT2D eigenvalue weighted by Crippen LogP contribution is -2.08. The highest BCUT2D eigenvalue weighted by molar-refractivity contribution is 9.10. The standard InChI is InChI=1S/C15H15BrFNO/c1-10(18)13-8-12(16)6-7-15(13)19-9-11-4-2-3-5-14(11)17/h2-8,10H,9,18H2,1H3/t10-/m1/s1. The van der Waals surface area contributed by atoms with Crippen molar-refractivity contribution in [2.45, 2.75) is 19.6 Å². The van der Waals surface area contributed by atoms with Gasteiger partial charge in [-0.25, -0.2) is 4.39 Å². The highest BCUT2D eigenvalue weighted by Gasteiger charge is 2.10. The summed E-state index contributed by atoms with van der Waals surface area (Å²) < 4.78 is 20.1. The zero-order valence-corrected chi connectivity index (χ0v) is 12.2. The topological polar surface area (TPSA) is 35.2 Å². The zero-order chi connectivity index (χ0) is 13.8. The molecule has 0 heterocycles. The van der Waals surface area contributed by atoms with E-state index in [1.165, 1.54) is 6.07 Å². The summed E-state index contributed by atoms with van der Waals surface area (Å²) in [5, 5.41) is 0. The van der Waals surface area contributed by atoms with Crippen molar-refractivity contribution in [1.82, 2.24) is 0 Å². The second-order valence-electron chi connectivity index (χ2n) is 4.35. The first-order chi connectivity index (χ1) is 9.08. The van der Waals surface area contributed by atoms with Crippen molar-refractivity contribution >= 4 is 15.9 Å². The van der Waals surface area contributed by atoms with Crippen molar-refractivity contribution in [3.63, 3.8) is 0 Å². The van der Waals surface area contributed by atoms with E-state index >= 15 is 0 Å². The predicted octanol–water partition coefficient (Wildman–Crippen LogP) is 4.19.